The third-order valence-corrected chi connectivity index (χ3v) is 3.83. The van der Waals surface area contributed by atoms with Gasteiger partial charge in [-0.15, -0.1) is 11.3 Å². The molecule has 0 unspecified atom stereocenters. The summed E-state index contributed by atoms with van der Waals surface area (Å²) >= 11 is 1.38. The lowest BCUT2D eigenvalue weighted by Gasteiger charge is -2.25. The van der Waals surface area contributed by atoms with Gasteiger partial charge in [0.1, 0.15) is 5.60 Å². The van der Waals surface area contributed by atoms with E-state index in [1.54, 1.807) is 12.4 Å². The number of ether oxygens (including phenoxy) is 1. The van der Waals surface area contributed by atoms with Crippen LogP contribution >= 0.6 is 11.3 Å². The maximum absolute atomic E-state index is 11.9. The number of rotatable bonds is 6. The maximum atomic E-state index is 11.9. The summed E-state index contributed by atoms with van der Waals surface area (Å²) in [6.07, 6.45) is 3.49. The highest BCUT2D eigenvalue weighted by molar-refractivity contribution is 7.13. The quantitative estimate of drug-likeness (QED) is 0.847. The molecular formula is C16H22N4O2S. The first kappa shape index (κ1) is 17.4. The summed E-state index contributed by atoms with van der Waals surface area (Å²) in [5.41, 5.74) is 1.31. The number of nitrogens with one attached hydrogen (secondary N) is 2. The molecule has 23 heavy (non-hydrogen) atoms. The van der Waals surface area contributed by atoms with E-state index in [4.69, 9.17) is 4.74 Å². The van der Waals surface area contributed by atoms with Crippen LogP contribution in [0.15, 0.2) is 29.9 Å². The number of carbonyl (C=O) groups is 1. The van der Waals surface area contributed by atoms with Gasteiger partial charge in [0.2, 0.25) is 0 Å². The molecule has 124 valence electrons. The SMILES string of the molecule is CC(C)OC(C)(C)c1csc(NC(=O)NCc2ccncc2)n1. The van der Waals surface area contributed by atoms with E-state index in [0.29, 0.717) is 11.7 Å². The van der Waals surface area contributed by atoms with Crippen LogP contribution in [-0.2, 0) is 16.9 Å². The molecule has 2 aromatic heterocycles. The van der Waals surface area contributed by atoms with Gasteiger partial charge in [0.15, 0.2) is 5.13 Å². The number of thiazole rings is 1. The van der Waals surface area contributed by atoms with E-state index in [0.717, 1.165) is 11.3 Å². The predicted molar refractivity (Wildman–Crippen MR) is 91.5 cm³/mol. The number of amides is 2. The van der Waals surface area contributed by atoms with Crippen molar-refractivity contribution < 1.29 is 9.53 Å². The Hall–Kier alpha value is -1.99. The summed E-state index contributed by atoms with van der Waals surface area (Å²) in [4.78, 5) is 20.3. The molecule has 2 aromatic rings. The van der Waals surface area contributed by atoms with Crippen molar-refractivity contribution in [1.82, 2.24) is 15.3 Å². The Bertz CT molecular complexity index is 641. The molecule has 0 aliphatic carbocycles. The summed E-state index contributed by atoms with van der Waals surface area (Å²) in [6.45, 7) is 8.35. The third-order valence-electron chi connectivity index (χ3n) is 3.07. The molecule has 0 spiro atoms. The minimum absolute atomic E-state index is 0.103. The van der Waals surface area contributed by atoms with E-state index in [9.17, 15) is 4.79 Å². The fourth-order valence-corrected chi connectivity index (χ4v) is 2.94. The van der Waals surface area contributed by atoms with Gasteiger partial charge in [-0.1, -0.05) is 0 Å². The molecular weight excluding hydrogens is 312 g/mol. The molecule has 0 aromatic carbocycles. The second-order valence-corrected chi connectivity index (χ2v) is 6.74. The van der Waals surface area contributed by atoms with Gasteiger partial charge < -0.3 is 10.1 Å². The van der Waals surface area contributed by atoms with Gasteiger partial charge in [-0.25, -0.2) is 9.78 Å². The number of anilines is 1. The number of nitrogens with zero attached hydrogens (tertiary/aromatic N) is 2. The molecule has 0 saturated carbocycles. The van der Waals surface area contributed by atoms with Crippen molar-refractivity contribution in [3.63, 3.8) is 0 Å². The third kappa shape index (κ3) is 5.30. The molecule has 0 saturated heterocycles. The van der Waals surface area contributed by atoms with Crippen LogP contribution in [0.3, 0.4) is 0 Å². The molecule has 2 amide bonds. The number of aromatic nitrogens is 2. The second-order valence-electron chi connectivity index (χ2n) is 5.88. The number of urea groups is 1. The average molecular weight is 334 g/mol. The largest absolute Gasteiger partial charge is 0.367 e. The van der Waals surface area contributed by atoms with Crippen molar-refractivity contribution in [1.29, 1.82) is 0 Å². The Morgan fingerprint density at radius 3 is 2.70 bits per heavy atom. The van der Waals surface area contributed by atoms with Crippen LogP contribution in [0.25, 0.3) is 0 Å². The molecule has 0 atom stereocenters. The molecule has 0 radical (unpaired) electrons. The molecule has 0 fully saturated rings. The topological polar surface area (TPSA) is 76.1 Å². The fraction of sp³-hybridized carbons (Fsp3) is 0.438. The highest BCUT2D eigenvalue weighted by Gasteiger charge is 2.26. The van der Waals surface area contributed by atoms with E-state index in [2.05, 4.69) is 20.6 Å². The van der Waals surface area contributed by atoms with Crippen LogP contribution in [0.4, 0.5) is 9.93 Å². The number of hydrogen-bond acceptors (Lipinski definition) is 5. The molecule has 2 N–H and O–H groups in total. The number of pyridine rings is 1. The normalized spacial score (nSPS) is 11.5. The van der Waals surface area contributed by atoms with Gasteiger partial charge in [-0.3, -0.25) is 10.3 Å². The molecule has 0 aliphatic rings. The van der Waals surface area contributed by atoms with Gasteiger partial charge in [0.25, 0.3) is 0 Å². The van der Waals surface area contributed by atoms with Crippen LogP contribution in [-0.4, -0.2) is 22.1 Å². The van der Waals surface area contributed by atoms with E-state index in [1.807, 2.05) is 45.2 Å². The standard InChI is InChI=1S/C16H22N4O2S/c1-11(2)22-16(3,4)13-10-23-15(19-13)20-14(21)18-9-12-5-7-17-8-6-12/h5-8,10-11H,9H2,1-4H3,(H2,18,19,20,21). The zero-order valence-corrected chi connectivity index (χ0v) is 14.6. The van der Waals surface area contributed by atoms with Crippen LogP contribution in [0.1, 0.15) is 39.0 Å². The van der Waals surface area contributed by atoms with Crippen LogP contribution in [0, 0.1) is 0 Å². The Kier molecular flexibility index (Phi) is 5.68. The zero-order chi connectivity index (χ0) is 16.9. The molecule has 2 rings (SSSR count). The van der Waals surface area contributed by atoms with Crippen LogP contribution in [0.2, 0.25) is 0 Å². The summed E-state index contributed by atoms with van der Waals surface area (Å²) in [5, 5.41) is 7.98. The van der Waals surface area contributed by atoms with E-state index in [1.165, 1.54) is 11.3 Å². The van der Waals surface area contributed by atoms with Crippen LogP contribution in [0.5, 0.6) is 0 Å². The smallest absolute Gasteiger partial charge is 0.321 e. The van der Waals surface area contributed by atoms with E-state index >= 15 is 0 Å². The Balaban J connectivity index is 1.90. The van der Waals surface area contributed by atoms with Crippen molar-refractivity contribution >= 4 is 22.5 Å². The summed E-state index contributed by atoms with van der Waals surface area (Å²) in [6, 6.07) is 3.42. The molecule has 7 heteroatoms. The van der Waals surface area contributed by atoms with Gasteiger partial charge in [-0.05, 0) is 45.4 Å². The second kappa shape index (κ2) is 7.52. The molecule has 0 bridgehead atoms. The predicted octanol–water partition coefficient (Wildman–Crippen LogP) is 3.52. The van der Waals surface area contributed by atoms with E-state index < -0.39 is 5.60 Å². The highest BCUT2D eigenvalue weighted by Crippen LogP contribution is 2.29. The first-order valence-corrected chi connectivity index (χ1v) is 8.32. The Morgan fingerprint density at radius 1 is 1.35 bits per heavy atom. The summed E-state index contributed by atoms with van der Waals surface area (Å²) < 4.78 is 5.86. The van der Waals surface area contributed by atoms with Gasteiger partial charge in [-0.2, -0.15) is 0 Å². The minimum atomic E-state index is -0.488. The average Bonchev–Trinajstić information content (AvgIpc) is 2.94. The monoisotopic (exact) mass is 334 g/mol. The Labute approximate surface area is 140 Å². The van der Waals surface area contributed by atoms with Gasteiger partial charge in [0.05, 0.1) is 11.8 Å². The zero-order valence-electron chi connectivity index (χ0n) is 13.8. The Morgan fingerprint density at radius 2 is 2.04 bits per heavy atom. The lowest BCUT2D eigenvalue weighted by Crippen LogP contribution is -2.28. The van der Waals surface area contributed by atoms with Crippen molar-refractivity contribution in [2.75, 3.05) is 5.32 Å². The fourth-order valence-electron chi connectivity index (χ4n) is 2.08. The lowest BCUT2D eigenvalue weighted by atomic mass is 10.1. The minimum Gasteiger partial charge on any atom is -0.367 e. The summed E-state index contributed by atoms with van der Waals surface area (Å²) in [7, 11) is 0. The molecule has 6 nitrogen and oxygen atoms in total. The van der Waals surface area contributed by atoms with Crippen molar-refractivity contribution in [3.8, 4) is 0 Å². The van der Waals surface area contributed by atoms with E-state index in [-0.39, 0.29) is 12.1 Å². The van der Waals surface area contributed by atoms with Crippen molar-refractivity contribution in [2.24, 2.45) is 0 Å². The van der Waals surface area contributed by atoms with Crippen molar-refractivity contribution in [3.05, 3.63) is 41.2 Å². The number of carbonyl (C=O) groups excluding carboxylic acids is 1. The first-order chi connectivity index (χ1) is 10.9. The first-order valence-electron chi connectivity index (χ1n) is 7.44. The molecule has 0 aliphatic heterocycles. The highest BCUT2D eigenvalue weighted by atomic mass is 32.1. The summed E-state index contributed by atoms with van der Waals surface area (Å²) in [5.74, 6) is 0. The lowest BCUT2D eigenvalue weighted by molar-refractivity contribution is -0.0623. The van der Waals surface area contributed by atoms with Crippen LogP contribution < -0.4 is 10.6 Å². The maximum Gasteiger partial charge on any atom is 0.321 e. The van der Waals surface area contributed by atoms with Crippen molar-refractivity contribution in [2.45, 2.75) is 45.9 Å². The molecule has 2 heterocycles. The van der Waals surface area contributed by atoms with Gasteiger partial charge in [0, 0.05) is 24.3 Å². The number of hydrogen-bond donors (Lipinski definition) is 2. The van der Waals surface area contributed by atoms with Gasteiger partial charge >= 0.3 is 6.03 Å².